The molecule has 0 amide bonds. The SMILES string of the molecule is COc1ccccc1-n1cc(CN2CC[C@@H](N3CCCCCC3)[C@H](O)C2)cn1. The van der Waals surface area contributed by atoms with Gasteiger partial charge in [-0.15, -0.1) is 0 Å². The maximum absolute atomic E-state index is 10.8. The van der Waals surface area contributed by atoms with Crippen LogP contribution in [0.1, 0.15) is 37.7 Å². The molecule has 0 unspecified atom stereocenters. The first kappa shape index (κ1) is 19.4. The minimum Gasteiger partial charge on any atom is -0.494 e. The smallest absolute Gasteiger partial charge is 0.144 e. The molecule has 1 aromatic heterocycles. The lowest BCUT2D eigenvalue weighted by atomic mass is 9.99. The number of ether oxygens (including phenoxy) is 1. The van der Waals surface area contributed by atoms with E-state index in [2.05, 4.69) is 21.1 Å². The quantitative estimate of drug-likeness (QED) is 0.859. The molecule has 2 saturated heterocycles. The summed E-state index contributed by atoms with van der Waals surface area (Å²) in [7, 11) is 1.68. The molecule has 2 aliphatic heterocycles. The summed E-state index contributed by atoms with van der Waals surface area (Å²) in [4.78, 5) is 4.89. The summed E-state index contributed by atoms with van der Waals surface area (Å²) < 4.78 is 7.31. The molecule has 0 saturated carbocycles. The molecule has 0 radical (unpaired) electrons. The van der Waals surface area contributed by atoms with Crippen LogP contribution in [-0.4, -0.2) is 70.1 Å². The molecule has 6 heteroatoms. The topological polar surface area (TPSA) is 53.8 Å². The van der Waals surface area contributed by atoms with Gasteiger partial charge in [0, 0.05) is 37.4 Å². The molecule has 2 aliphatic rings. The zero-order valence-corrected chi connectivity index (χ0v) is 16.8. The van der Waals surface area contributed by atoms with E-state index in [-0.39, 0.29) is 6.10 Å². The Bertz CT molecular complexity index is 754. The second-order valence-electron chi connectivity index (χ2n) is 8.07. The molecule has 2 atom stereocenters. The predicted molar refractivity (Wildman–Crippen MR) is 110 cm³/mol. The number of aliphatic hydroxyl groups is 1. The fourth-order valence-corrected chi connectivity index (χ4v) is 4.63. The number of likely N-dealkylation sites (tertiary alicyclic amines) is 2. The minimum absolute atomic E-state index is 0.267. The number of para-hydroxylation sites is 2. The maximum Gasteiger partial charge on any atom is 0.144 e. The third-order valence-corrected chi connectivity index (χ3v) is 6.11. The average Bonchev–Trinajstić information content (AvgIpc) is 3.00. The van der Waals surface area contributed by atoms with Crippen LogP contribution in [0, 0.1) is 0 Å². The first-order valence-corrected chi connectivity index (χ1v) is 10.6. The van der Waals surface area contributed by atoms with Crippen molar-refractivity contribution in [3.63, 3.8) is 0 Å². The van der Waals surface area contributed by atoms with Crippen molar-refractivity contribution in [3.8, 4) is 11.4 Å². The maximum atomic E-state index is 10.8. The van der Waals surface area contributed by atoms with E-state index < -0.39 is 0 Å². The van der Waals surface area contributed by atoms with Gasteiger partial charge in [-0.1, -0.05) is 25.0 Å². The highest BCUT2D eigenvalue weighted by Gasteiger charge is 2.32. The lowest BCUT2D eigenvalue weighted by molar-refractivity contribution is -0.0144. The van der Waals surface area contributed by atoms with Gasteiger partial charge in [-0.2, -0.15) is 5.10 Å². The Balaban J connectivity index is 1.36. The molecule has 3 heterocycles. The Morgan fingerprint density at radius 2 is 1.89 bits per heavy atom. The lowest BCUT2D eigenvalue weighted by Gasteiger charge is -2.41. The molecular formula is C22H32N4O2. The van der Waals surface area contributed by atoms with Crippen LogP contribution in [-0.2, 0) is 6.54 Å². The van der Waals surface area contributed by atoms with Crippen LogP contribution in [0.4, 0.5) is 0 Å². The summed E-state index contributed by atoms with van der Waals surface area (Å²) in [6.07, 6.45) is 9.97. The molecule has 0 bridgehead atoms. The normalized spacial score (nSPS) is 24.8. The Labute approximate surface area is 167 Å². The van der Waals surface area contributed by atoms with Gasteiger partial charge >= 0.3 is 0 Å². The molecule has 1 aromatic carbocycles. The first-order chi connectivity index (χ1) is 13.7. The fourth-order valence-electron chi connectivity index (χ4n) is 4.63. The summed E-state index contributed by atoms with van der Waals surface area (Å²) in [5.74, 6) is 0.811. The van der Waals surface area contributed by atoms with Crippen LogP contribution >= 0.6 is 0 Å². The monoisotopic (exact) mass is 384 g/mol. The molecule has 2 fully saturated rings. The number of β-amino-alcohol motifs (C(OH)–C–C–N with tert-alkyl or cyclic N) is 1. The van der Waals surface area contributed by atoms with Gasteiger partial charge in [-0.05, 0) is 44.5 Å². The third-order valence-electron chi connectivity index (χ3n) is 6.11. The number of aliphatic hydroxyl groups excluding tert-OH is 1. The molecule has 2 aromatic rings. The molecule has 28 heavy (non-hydrogen) atoms. The van der Waals surface area contributed by atoms with Gasteiger partial charge in [0.1, 0.15) is 11.4 Å². The fraction of sp³-hybridized carbons (Fsp3) is 0.591. The largest absolute Gasteiger partial charge is 0.494 e. The molecule has 1 N–H and O–H groups in total. The number of hydrogen-bond donors (Lipinski definition) is 1. The van der Waals surface area contributed by atoms with E-state index in [1.807, 2.05) is 35.1 Å². The number of aromatic nitrogens is 2. The van der Waals surface area contributed by atoms with E-state index in [9.17, 15) is 5.11 Å². The van der Waals surface area contributed by atoms with Gasteiger partial charge < -0.3 is 9.84 Å². The standard InChI is InChI=1S/C22H32N4O2/c1-28-22-9-5-4-8-20(22)26-16-18(14-23-26)15-24-13-10-19(21(27)17-24)25-11-6-2-3-7-12-25/h4-5,8-9,14,16,19,21,27H,2-3,6-7,10-13,15,17H2,1H3/t19-,21-/m1/s1. The third kappa shape index (κ3) is 4.40. The summed E-state index contributed by atoms with van der Waals surface area (Å²) in [5.41, 5.74) is 2.10. The van der Waals surface area contributed by atoms with E-state index in [0.29, 0.717) is 6.04 Å². The summed E-state index contributed by atoms with van der Waals surface area (Å²) >= 11 is 0. The van der Waals surface area contributed by atoms with E-state index in [0.717, 1.165) is 56.1 Å². The van der Waals surface area contributed by atoms with Crippen molar-refractivity contribution in [1.82, 2.24) is 19.6 Å². The van der Waals surface area contributed by atoms with E-state index in [1.165, 1.54) is 25.7 Å². The van der Waals surface area contributed by atoms with Crippen LogP contribution in [0.25, 0.3) is 5.69 Å². The average molecular weight is 385 g/mol. The van der Waals surface area contributed by atoms with E-state index >= 15 is 0 Å². The van der Waals surface area contributed by atoms with Gasteiger partial charge in [-0.25, -0.2) is 4.68 Å². The molecule has 6 nitrogen and oxygen atoms in total. The molecule has 0 aliphatic carbocycles. The number of hydrogen-bond acceptors (Lipinski definition) is 5. The van der Waals surface area contributed by atoms with Gasteiger partial charge in [0.05, 0.1) is 19.4 Å². The van der Waals surface area contributed by atoms with Crippen LogP contribution < -0.4 is 4.74 Å². The summed E-state index contributed by atoms with van der Waals surface area (Å²) in [6, 6.07) is 8.23. The van der Waals surface area contributed by atoms with Crippen molar-refractivity contribution < 1.29 is 9.84 Å². The molecule has 4 rings (SSSR count). The van der Waals surface area contributed by atoms with E-state index in [1.54, 1.807) is 7.11 Å². The highest BCUT2D eigenvalue weighted by atomic mass is 16.5. The highest BCUT2D eigenvalue weighted by molar-refractivity contribution is 5.46. The number of rotatable bonds is 5. The minimum atomic E-state index is -0.267. The summed E-state index contributed by atoms with van der Waals surface area (Å²) in [5, 5.41) is 15.3. The van der Waals surface area contributed by atoms with Crippen molar-refractivity contribution in [2.24, 2.45) is 0 Å². The van der Waals surface area contributed by atoms with E-state index in [4.69, 9.17) is 4.74 Å². The summed E-state index contributed by atoms with van der Waals surface area (Å²) in [6.45, 7) is 4.87. The van der Waals surface area contributed by atoms with Crippen LogP contribution in [0.2, 0.25) is 0 Å². The van der Waals surface area contributed by atoms with Crippen molar-refractivity contribution in [1.29, 1.82) is 0 Å². The zero-order valence-electron chi connectivity index (χ0n) is 16.8. The van der Waals surface area contributed by atoms with Crippen molar-refractivity contribution in [2.75, 3.05) is 33.3 Å². The van der Waals surface area contributed by atoms with Gasteiger partial charge in [0.15, 0.2) is 0 Å². The number of methoxy groups -OCH3 is 1. The highest BCUT2D eigenvalue weighted by Crippen LogP contribution is 2.24. The molecule has 152 valence electrons. The second kappa shape index (κ2) is 9.07. The van der Waals surface area contributed by atoms with Crippen LogP contribution in [0.5, 0.6) is 5.75 Å². The number of piperidine rings is 1. The Hall–Kier alpha value is -1.89. The Morgan fingerprint density at radius 3 is 2.64 bits per heavy atom. The lowest BCUT2D eigenvalue weighted by Crippen LogP contribution is -2.54. The molecular weight excluding hydrogens is 352 g/mol. The van der Waals surface area contributed by atoms with Crippen molar-refractivity contribution in [3.05, 3.63) is 42.2 Å². The van der Waals surface area contributed by atoms with Gasteiger partial charge in [-0.3, -0.25) is 9.80 Å². The van der Waals surface area contributed by atoms with Crippen LogP contribution in [0.3, 0.4) is 0 Å². The number of nitrogens with zero attached hydrogens (tertiary/aromatic N) is 4. The number of benzene rings is 1. The second-order valence-corrected chi connectivity index (χ2v) is 8.07. The zero-order chi connectivity index (χ0) is 19.3. The Kier molecular flexibility index (Phi) is 6.29. The van der Waals surface area contributed by atoms with Gasteiger partial charge in [0.25, 0.3) is 0 Å². The van der Waals surface area contributed by atoms with Gasteiger partial charge in [0.2, 0.25) is 0 Å². The van der Waals surface area contributed by atoms with Crippen molar-refractivity contribution >= 4 is 0 Å². The Morgan fingerprint density at radius 1 is 1.11 bits per heavy atom. The van der Waals surface area contributed by atoms with Crippen LogP contribution in [0.15, 0.2) is 36.7 Å². The van der Waals surface area contributed by atoms with Crippen molar-refractivity contribution in [2.45, 2.75) is 50.8 Å². The predicted octanol–water partition coefficient (Wildman–Crippen LogP) is 2.69. The molecule has 0 spiro atoms. The first-order valence-electron chi connectivity index (χ1n) is 10.6.